The van der Waals surface area contributed by atoms with Crippen molar-refractivity contribution in [1.29, 1.82) is 0 Å². The number of benzene rings is 2. The summed E-state index contributed by atoms with van der Waals surface area (Å²) >= 11 is 0. The summed E-state index contributed by atoms with van der Waals surface area (Å²) in [5, 5.41) is 11.5. The highest BCUT2D eigenvalue weighted by atomic mass is 16.5. The van der Waals surface area contributed by atoms with Gasteiger partial charge in [-0.15, -0.1) is 0 Å². The Morgan fingerprint density at radius 1 is 1.12 bits per heavy atom. The second kappa shape index (κ2) is 8.73. The first-order valence-corrected chi connectivity index (χ1v) is 7.93. The van der Waals surface area contributed by atoms with Gasteiger partial charge in [-0.25, -0.2) is 4.79 Å². The van der Waals surface area contributed by atoms with Crippen LogP contribution < -0.4 is 14.8 Å². The van der Waals surface area contributed by atoms with E-state index in [1.165, 1.54) is 6.07 Å². The smallest absolute Gasteiger partial charge is 0.341 e. The lowest BCUT2D eigenvalue weighted by molar-refractivity contribution is -0.139. The van der Waals surface area contributed by atoms with E-state index < -0.39 is 12.6 Å². The zero-order valence-corrected chi connectivity index (χ0v) is 14.2. The first kappa shape index (κ1) is 18.3. The van der Waals surface area contributed by atoms with Crippen molar-refractivity contribution >= 4 is 11.9 Å². The molecule has 2 rings (SSSR count). The van der Waals surface area contributed by atoms with E-state index >= 15 is 0 Å². The zero-order valence-electron chi connectivity index (χ0n) is 14.2. The topological polar surface area (TPSA) is 84.9 Å². The Hall–Kier alpha value is -3.02. The molecule has 6 nitrogen and oxygen atoms in total. The van der Waals surface area contributed by atoms with Crippen molar-refractivity contribution in [2.24, 2.45) is 0 Å². The van der Waals surface area contributed by atoms with Crippen LogP contribution in [0.25, 0.3) is 0 Å². The summed E-state index contributed by atoms with van der Waals surface area (Å²) < 4.78 is 10.8. The lowest BCUT2D eigenvalue weighted by Crippen LogP contribution is -2.23. The van der Waals surface area contributed by atoms with Crippen molar-refractivity contribution < 1.29 is 24.2 Å². The van der Waals surface area contributed by atoms with Crippen LogP contribution in [0.5, 0.6) is 11.5 Å². The molecule has 132 valence electrons. The first-order chi connectivity index (χ1) is 12.0. The second-order valence-electron chi connectivity index (χ2n) is 5.67. The number of carboxylic acid groups (broad SMARTS) is 1. The lowest BCUT2D eigenvalue weighted by atomic mass is 10.1. The highest BCUT2D eigenvalue weighted by molar-refractivity contribution is 5.94. The summed E-state index contributed by atoms with van der Waals surface area (Å²) in [5.74, 6) is -0.285. The van der Waals surface area contributed by atoms with Gasteiger partial charge in [-0.1, -0.05) is 24.3 Å². The molecule has 2 N–H and O–H groups in total. The highest BCUT2D eigenvalue weighted by Crippen LogP contribution is 2.19. The Kier molecular flexibility index (Phi) is 6.39. The van der Waals surface area contributed by atoms with Crippen molar-refractivity contribution in [2.75, 3.05) is 6.61 Å². The molecule has 0 bridgehead atoms. The fourth-order valence-corrected chi connectivity index (χ4v) is 2.17. The highest BCUT2D eigenvalue weighted by Gasteiger charge is 2.10. The largest absolute Gasteiger partial charge is 0.491 e. The third-order valence-corrected chi connectivity index (χ3v) is 3.23. The number of ether oxygens (including phenoxy) is 2. The van der Waals surface area contributed by atoms with E-state index in [2.05, 4.69) is 5.32 Å². The SMILES string of the molecule is CC(C)Oc1ccccc1CNC(=O)c1cccc(OCC(=O)O)c1. The minimum absolute atomic E-state index is 0.0416. The number of para-hydroxylation sites is 1. The number of hydrogen-bond acceptors (Lipinski definition) is 4. The number of amides is 1. The molecule has 0 fully saturated rings. The van der Waals surface area contributed by atoms with Crippen LogP contribution in [0.3, 0.4) is 0 Å². The van der Waals surface area contributed by atoms with Crippen LogP contribution in [-0.4, -0.2) is 29.7 Å². The van der Waals surface area contributed by atoms with Crippen molar-refractivity contribution in [3.8, 4) is 11.5 Å². The number of carbonyl (C=O) groups is 2. The van der Waals surface area contributed by atoms with E-state index in [9.17, 15) is 9.59 Å². The van der Waals surface area contributed by atoms with Crippen LogP contribution in [-0.2, 0) is 11.3 Å². The molecule has 2 aromatic rings. The Morgan fingerprint density at radius 3 is 2.60 bits per heavy atom. The van der Waals surface area contributed by atoms with Gasteiger partial charge < -0.3 is 19.9 Å². The van der Waals surface area contributed by atoms with Gasteiger partial charge in [-0.3, -0.25) is 4.79 Å². The van der Waals surface area contributed by atoms with E-state index in [-0.39, 0.29) is 12.0 Å². The monoisotopic (exact) mass is 343 g/mol. The summed E-state index contributed by atoms with van der Waals surface area (Å²) in [7, 11) is 0. The molecule has 1 amide bonds. The molecule has 0 saturated carbocycles. The van der Waals surface area contributed by atoms with Crippen molar-refractivity contribution in [3.05, 3.63) is 59.7 Å². The van der Waals surface area contributed by atoms with Crippen LogP contribution in [0, 0.1) is 0 Å². The number of rotatable bonds is 8. The average molecular weight is 343 g/mol. The third kappa shape index (κ3) is 5.84. The van der Waals surface area contributed by atoms with Crippen LogP contribution >= 0.6 is 0 Å². The summed E-state index contributed by atoms with van der Waals surface area (Å²) in [4.78, 5) is 22.9. The third-order valence-electron chi connectivity index (χ3n) is 3.23. The molecule has 0 saturated heterocycles. The molecule has 0 aliphatic carbocycles. The van der Waals surface area contributed by atoms with Crippen LogP contribution in [0.2, 0.25) is 0 Å². The van der Waals surface area contributed by atoms with Crippen LogP contribution in [0.4, 0.5) is 0 Å². The standard InChI is InChI=1S/C19H21NO5/c1-13(2)25-17-9-4-3-6-15(17)11-20-19(23)14-7-5-8-16(10-14)24-12-18(21)22/h3-10,13H,11-12H2,1-2H3,(H,20,23)(H,21,22). The summed E-state index contributed by atoms with van der Waals surface area (Å²) in [6, 6.07) is 13.9. The minimum atomic E-state index is -1.07. The maximum absolute atomic E-state index is 12.3. The predicted octanol–water partition coefficient (Wildman–Crippen LogP) is 2.87. The maximum Gasteiger partial charge on any atom is 0.341 e. The number of carboxylic acids is 1. The molecule has 0 aliphatic rings. The number of hydrogen-bond donors (Lipinski definition) is 2. The van der Waals surface area contributed by atoms with Gasteiger partial charge in [0.2, 0.25) is 0 Å². The number of nitrogens with one attached hydrogen (secondary N) is 1. The van der Waals surface area contributed by atoms with Crippen molar-refractivity contribution in [3.63, 3.8) is 0 Å². The summed E-state index contributed by atoms with van der Waals surface area (Å²) in [6.07, 6.45) is 0.0416. The molecule has 0 radical (unpaired) electrons. The number of aliphatic carboxylic acids is 1. The summed E-state index contributed by atoms with van der Waals surface area (Å²) in [5.41, 5.74) is 1.27. The molecule has 6 heteroatoms. The lowest BCUT2D eigenvalue weighted by Gasteiger charge is -2.14. The van der Waals surface area contributed by atoms with Gasteiger partial charge in [0.25, 0.3) is 5.91 Å². The quantitative estimate of drug-likeness (QED) is 0.770. The molecule has 0 unspecified atom stereocenters. The fourth-order valence-electron chi connectivity index (χ4n) is 2.17. The first-order valence-electron chi connectivity index (χ1n) is 7.93. The molecule has 0 aromatic heterocycles. The van der Waals surface area contributed by atoms with E-state index in [0.29, 0.717) is 17.9 Å². The van der Waals surface area contributed by atoms with E-state index in [0.717, 1.165) is 11.3 Å². The minimum Gasteiger partial charge on any atom is -0.491 e. The van der Waals surface area contributed by atoms with Gasteiger partial charge in [0.05, 0.1) is 6.10 Å². The maximum atomic E-state index is 12.3. The molecule has 0 aliphatic heterocycles. The van der Waals surface area contributed by atoms with Crippen LogP contribution in [0.15, 0.2) is 48.5 Å². The average Bonchev–Trinajstić information content (AvgIpc) is 2.58. The molecule has 0 atom stereocenters. The van der Waals surface area contributed by atoms with Crippen molar-refractivity contribution in [2.45, 2.75) is 26.5 Å². The Morgan fingerprint density at radius 2 is 1.88 bits per heavy atom. The normalized spacial score (nSPS) is 10.4. The van der Waals surface area contributed by atoms with Gasteiger partial charge in [0.1, 0.15) is 11.5 Å². The molecule has 25 heavy (non-hydrogen) atoms. The van der Waals surface area contributed by atoms with Gasteiger partial charge in [-0.2, -0.15) is 0 Å². The van der Waals surface area contributed by atoms with E-state index in [4.69, 9.17) is 14.6 Å². The van der Waals surface area contributed by atoms with Gasteiger partial charge in [0.15, 0.2) is 6.61 Å². The zero-order chi connectivity index (χ0) is 18.2. The van der Waals surface area contributed by atoms with Crippen molar-refractivity contribution in [1.82, 2.24) is 5.32 Å². The summed E-state index contributed by atoms with van der Waals surface area (Å²) in [6.45, 7) is 3.75. The Balaban J connectivity index is 2.01. The molecule has 0 heterocycles. The van der Waals surface area contributed by atoms with Gasteiger partial charge in [-0.05, 0) is 38.1 Å². The molecule has 2 aromatic carbocycles. The molecular weight excluding hydrogens is 322 g/mol. The fraction of sp³-hybridized carbons (Fsp3) is 0.263. The Bertz CT molecular complexity index is 742. The van der Waals surface area contributed by atoms with Gasteiger partial charge in [0, 0.05) is 17.7 Å². The number of carbonyl (C=O) groups excluding carboxylic acids is 1. The molecular formula is C19H21NO5. The van der Waals surface area contributed by atoms with E-state index in [1.807, 2.05) is 38.1 Å². The predicted molar refractivity (Wildman–Crippen MR) is 92.9 cm³/mol. The molecule has 0 spiro atoms. The van der Waals surface area contributed by atoms with Gasteiger partial charge >= 0.3 is 5.97 Å². The Labute approximate surface area is 146 Å². The second-order valence-corrected chi connectivity index (χ2v) is 5.67. The van der Waals surface area contributed by atoms with E-state index in [1.54, 1.807) is 18.2 Å². The van der Waals surface area contributed by atoms with Crippen LogP contribution in [0.1, 0.15) is 29.8 Å².